The number of anilines is 4. The summed E-state index contributed by atoms with van der Waals surface area (Å²) >= 11 is 0. The molecule has 180 valence electrons. The maximum absolute atomic E-state index is 12.0. The number of sulfonamides is 1. The average Bonchev–Trinajstić information content (AvgIpc) is 2.89. The Hall–Kier alpha value is -3.69. The van der Waals surface area contributed by atoms with Gasteiger partial charge in [-0.1, -0.05) is 30.3 Å². The van der Waals surface area contributed by atoms with Crippen molar-refractivity contribution in [1.82, 2.24) is 9.97 Å². The monoisotopic (exact) mass is 489 g/mol. The molecule has 1 aliphatic heterocycles. The summed E-state index contributed by atoms with van der Waals surface area (Å²) in [4.78, 5) is 11.6. The molecule has 2 N–H and O–H groups in total. The third-order valence-corrected chi connectivity index (χ3v) is 7.24. The van der Waals surface area contributed by atoms with Gasteiger partial charge in [-0.3, -0.25) is 4.72 Å². The molecule has 35 heavy (non-hydrogen) atoms. The van der Waals surface area contributed by atoms with Gasteiger partial charge in [0.1, 0.15) is 0 Å². The Bertz CT molecular complexity index is 1440. The Morgan fingerprint density at radius 3 is 2.51 bits per heavy atom. The first-order valence-corrected chi connectivity index (χ1v) is 13.2. The molecular weight excluding hydrogens is 462 g/mol. The van der Waals surface area contributed by atoms with E-state index in [4.69, 9.17) is 9.72 Å². The van der Waals surface area contributed by atoms with Crippen LogP contribution in [-0.2, 0) is 14.8 Å². The SMILES string of the molecule is CCS(=O)(=O)Nc1cccc(-c2cccc3cnc(Nc4ccc(N5CCOCC5)cc4)nc23)c1. The number of benzene rings is 3. The highest BCUT2D eigenvalue weighted by Gasteiger charge is 2.13. The Morgan fingerprint density at radius 2 is 1.74 bits per heavy atom. The summed E-state index contributed by atoms with van der Waals surface area (Å²) in [6.45, 7) is 4.90. The Balaban J connectivity index is 1.42. The van der Waals surface area contributed by atoms with Crippen molar-refractivity contribution < 1.29 is 13.2 Å². The molecule has 1 aliphatic rings. The molecule has 2 heterocycles. The largest absolute Gasteiger partial charge is 0.378 e. The molecule has 8 nitrogen and oxygen atoms in total. The first-order valence-electron chi connectivity index (χ1n) is 11.6. The van der Waals surface area contributed by atoms with Crippen molar-refractivity contribution in [2.24, 2.45) is 0 Å². The van der Waals surface area contributed by atoms with Gasteiger partial charge >= 0.3 is 0 Å². The summed E-state index contributed by atoms with van der Waals surface area (Å²) < 4.78 is 32.1. The fourth-order valence-electron chi connectivity index (χ4n) is 4.06. The van der Waals surface area contributed by atoms with Gasteiger partial charge in [-0.15, -0.1) is 0 Å². The molecule has 1 saturated heterocycles. The third-order valence-electron chi connectivity index (χ3n) is 5.94. The van der Waals surface area contributed by atoms with Gasteiger partial charge in [-0.2, -0.15) is 0 Å². The van der Waals surface area contributed by atoms with Crippen molar-refractivity contribution in [3.05, 3.63) is 72.9 Å². The minimum Gasteiger partial charge on any atom is -0.378 e. The van der Waals surface area contributed by atoms with E-state index in [2.05, 4.69) is 32.1 Å². The predicted molar refractivity (Wildman–Crippen MR) is 141 cm³/mol. The van der Waals surface area contributed by atoms with Crippen molar-refractivity contribution in [2.75, 3.05) is 47.0 Å². The standard InChI is InChI=1S/C26H27N5O3S/c1-2-35(32,33)30-22-7-3-5-19(17-22)24-8-4-6-20-18-27-26(29-25(20)24)28-21-9-11-23(12-10-21)31-13-15-34-16-14-31/h3-12,17-18,30H,2,13-16H2,1H3,(H,27,28,29). The number of fused-ring (bicyclic) bond motifs is 1. The summed E-state index contributed by atoms with van der Waals surface area (Å²) in [7, 11) is -3.36. The van der Waals surface area contributed by atoms with E-state index in [1.54, 1.807) is 19.2 Å². The molecule has 5 rings (SSSR count). The van der Waals surface area contributed by atoms with Gasteiger partial charge in [0.2, 0.25) is 16.0 Å². The molecule has 0 amide bonds. The predicted octanol–water partition coefficient (Wildman–Crippen LogP) is 4.64. The van der Waals surface area contributed by atoms with Crippen LogP contribution in [0.2, 0.25) is 0 Å². The van der Waals surface area contributed by atoms with Crippen molar-refractivity contribution >= 4 is 43.9 Å². The molecule has 0 aliphatic carbocycles. The van der Waals surface area contributed by atoms with Crippen LogP contribution in [0.25, 0.3) is 22.0 Å². The smallest absolute Gasteiger partial charge is 0.232 e. The number of nitrogens with one attached hydrogen (secondary N) is 2. The minimum absolute atomic E-state index is 0.0151. The van der Waals surface area contributed by atoms with Gasteiger partial charge in [-0.05, 0) is 48.9 Å². The number of aromatic nitrogens is 2. The van der Waals surface area contributed by atoms with Crippen LogP contribution in [0.15, 0.2) is 72.9 Å². The minimum atomic E-state index is -3.36. The molecule has 3 aromatic carbocycles. The second-order valence-corrected chi connectivity index (χ2v) is 10.3. The molecule has 0 unspecified atom stereocenters. The first kappa shape index (κ1) is 23.1. The quantitative estimate of drug-likeness (QED) is 0.390. The number of hydrogen-bond donors (Lipinski definition) is 2. The average molecular weight is 490 g/mol. The van der Waals surface area contributed by atoms with E-state index >= 15 is 0 Å². The van der Waals surface area contributed by atoms with E-state index in [0.717, 1.165) is 54.0 Å². The molecule has 9 heteroatoms. The summed E-state index contributed by atoms with van der Waals surface area (Å²) in [5.41, 5.74) is 5.13. The lowest BCUT2D eigenvalue weighted by Crippen LogP contribution is -2.36. The van der Waals surface area contributed by atoms with Crippen LogP contribution < -0.4 is 14.9 Å². The van der Waals surface area contributed by atoms with Crippen LogP contribution in [0, 0.1) is 0 Å². The van der Waals surface area contributed by atoms with E-state index in [-0.39, 0.29) is 5.75 Å². The lowest BCUT2D eigenvalue weighted by molar-refractivity contribution is 0.122. The second kappa shape index (κ2) is 9.89. The molecule has 0 radical (unpaired) electrons. The van der Waals surface area contributed by atoms with Gasteiger partial charge in [-0.25, -0.2) is 18.4 Å². The fraction of sp³-hybridized carbons (Fsp3) is 0.231. The Kier molecular flexibility index (Phi) is 6.52. The number of hydrogen-bond acceptors (Lipinski definition) is 7. The zero-order chi connectivity index (χ0) is 24.3. The molecule has 4 aromatic rings. The van der Waals surface area contributed by atoms with Crippen LogP contribution in [0.3, 0.4) is 0 Å². The van der Waals surface area contributed by atoms with E-state index in [1.165, 1.54) is 5.69 Å². The zero-order valence-electron chi connectivity index (χ0n) is 19.4. The number of nitrogens with zero attached hydrogens (tertiary/aromatic N) is 3. The first-order chi connectivity index (χ1) is 17.0. The van der Waals surface area contributed by atoms with Gasteiger partial charge in [0.15, 0.2) is 0 Å². The number of ether oxygens (including phenoxy) is 1. The molecule has 0 atom stereocenters. The summed E-state index contributed by atoms with van der Waals surface area (Å²) in [5.74, 6) is 0.508. The molecule has 0 bridgehead atoms. The van der Waals surface area contributed by atoms with Gasteiger partial charge in [0.05, 0.1) is 24.5 Å². The maximum Gasteiger partial charge on any atom is 0.232 e. The van der Waals surface area contributed by atoms with Crippen molar-refractivity contribution in [3.63, 3.8) is 0 Å². The highest BCUT2D eigenvalue weighted by Crippen LogP contribution is 2.30. The van der Waals surface area contributed by atoms with Crippen molar-refractivity contribution in [3.8, 4) is 11.1 Å². The van der Waals surface area contributed by atoms with Crippen LogP contribution in [0.1, 0.15) is 6.92 Å². The van der Waals surface area contributed by atoms with Crippen LogP contribution in [-0.4, -0.2) is 50.4 Å². The molecule has 0 spiro atoms. The number of morpholine rings is 1. The van der Waals surface area contributed by atoms with E-state index in [9.17, 15) is 8.42 Å². The summed E-state index contributed by atoms with van der Waals surface area (Å²) in [5, 5.41) is 4.20. The maximum atomic E-state index is 12.0. The fourth-order valence-corrected chi connectivity index (χ4v) is 4.69. The van der Waals surface area contributed by atoms with Crippen LogP contribution >= 0.6 is 0 Å². The molecule has 1 aromatic heterocycles. The van der Waals surface area contributed by atoms with Crippen LogP contribution in [0.4, 0.5) is 23.0 Å². The highest BCUT2D eigenvalue weighted by molar-refractivity contribution is 7.92. The van der Waals surface area contributed by atoms with Gasteiger partial charge < -0.3 is 15.0 Å². The van der Waals surface area contributed by atoms with Crippen LogP contribution in [0.5, 0.6) is 0 Å². The summed E-state index contributed by atoms with van der Waals surface area (Å²) in [6, 6.07) is 21.4. The summed E-state index contributed by atoms with van der Waals surface area (Å²) in [6.07, 6.45) is 1.79. The highest BCUT2D eigenvalue weighted by atomic mass is 32.2. The second-order valence-electron chi connectivity index (χ2n) is 8.29. The zero-order valence-corrected chi connectivity index (χ0v) is 20.3. The Morgan fingerprint density at radius 1 is 0.971 bits per heavy atom. The van der Waals surface area contributed by atoms with Gasteiger partial charge in [0, 0.05) is 47.3 Å². The third kappa shape index (κ3) is 5.36. The molecule has 0 saturated carbocycles. The lowest BCUT2D eigenvalue weighted by Gasteiger charge is -2.28. The van der Waals surface area contributed by atoms with E-state index < -0.39 is 10.0 Å². The molecular formula is C26H27N5O3S. The van der Waals surface area contributed by atoms with Crippen molar-refractivity contribution in [1.29, 1.82) is 0 Å². The van der Waals surface area contributed by atoms with Crippen molar-refractivity contribution in [2.45, 2.75) is 6.92 Å². The number of rotatable bonds is 7. The van der Waals surface area contributed by atoms with E-state index in [1.807, 2.05) is 48.5 Å². The molecule has 1 fully saturated rings. The lowest BCUT2D eigenvalue weighted by atomic mass is 10.0. The Labute approximate surface area is 205 Å². The topological polar surface area (TPSA) is 96.5 Å². The number of para-hydroxylation sites is 1. The van der Waals surface area contributed by atoms with E-state index in [0.29, 0.717) is 11.6 Å². The normalized spacial score (nSPS) is 14.1. The van der Waals surface area contributed by atoms with Gasteiger partial charge in [0.25, 0.3) is 0 Å².